The highest BCUT2D eigenvalue weighted by Gasteiger charge is 2.20. The predicted molar refractivity (Wildman–Crippen MR) is 97.4 cm³/mol. The van der Waals surface area contributed by atoms with Crippen LogP contribution >= 0.6 is 23.4 Å². The highest BCUT2D eigenvalue weighted by Crippen LogP contribution is 2.21. The van der Waals surface area contributed by atoms with Crippen molar-refractivity contribution < 1.29 is 9.53 Å². The Morgan fingerprint density at radius 2 is 2.40 bits per heavy atom. The Kier molecular flexibility index (Phi) is 5.82. The number of nitrogens with one attached hydrogen (secondary N) is 2. The third-order valence-electron chi connectivity index (χ3n) is 3.92. The molecule has 0 unspecified atom stereocenters. The molecule has 0 bridgehead atoms. The molecule has 2 heterocycles. The van der Waals surface area contributed by atoms with Crippen molar-refractivity contribution in [2.24, 2.45) is 0 Å². The number of hydrogen-bond donors (Lipinski definition) is 2. The van der Waals surface area contributed by atoms with Gasteiger partial charge in [0.15, 0.2) is 5.16 Å². The van der Waals surface area contributed by atoms with Gasteiger partial charge in [-0.25, -0.2) is 9.89 Å². The van der Waals surface area contributed by atoms with Crippen LogP contribution in [0.1, 0.15) is 18.4 Å². The smallest absolute Gasteiger partial charge is 0.344 e. The van der Waals surface area contributed by atoms with Crippen molar-refractivity contribution in [1.29, 1.82) is 0 Å². The summed E-state index contributed by atoms with van der Waals surface area (Å²) in [6, 6.07) is 5.35. The van der Waals surface area contributed by atoms with Gasteiger partial charge < -0.3 is 10.1 Å². The number of thioether (sulfide) groups is 1. The Labute approximate surface area is 154 Å². The molecule has 1 aromatic carbocycles. The van der Waals surface area contributed by atoms with E-state index in [4.69, 9.17) is 16.3 Å². The fourth-order valence-electron chi connectivity index (χ4n) is 2.56. The second-order valence-electron chi connectivity index (χ2n) is 5.86. The summed E-state index contributed by atoms with van der Waals surface area (Å²) in [5.74, 6) is -0.0505. The lowest BCUT2D eigenvalue weighted by Gasteiger charge is -2.11. The molecule has 25 heavy (non-hydrogen) atoms. The van der Waals surface area contributed by atoms with Gasteiger partial charge in [0.25, 0.3) is 0 Å². The number of benzene rings is 1. The molecule has 7 nitrogen and oxygen atoms in total. The fourth-order valence-corrected chi connectivity index (χ4v) is 3.50. The quantitative estimate of drug-likeness (QED) is 0.749. The molecule has 2 N–H and O–H groups in total. The van der Waals surface area contributed by atoms with Gasteiger partial charge in [-0.05, 0) is 37.5 Å². The number of rotatable bonds is 6. The van der Waals surface area contributed by atoms with E-state index in [1.165, 1.54) is 16.3 Å². The number of hydrogen-bond acceptors (Lipinski definition) is 5. The van der Waals surface area contributed by atoms with E-state index in [1.54, 1.807) is 12.1 Å². The lowest BCUT2D eigenvalue weighted by Crippen LogP contribution is -2.25. The van der Waals surface area contributed by atoms with Crippen LogP contribution in [-0.4, -0.2) is 39.1 Å². The number of carbonyl (C=O) groups is 1. The SMILES string of the molecule is Cc1ccc(NC(=O)CSc2n[nH]c(=O)n2C[C@@H]2CCCO2)cc1Cl. The molecular weight excluding hydrogens is 364 g/mol. The van der Waals surface area contributed by atoms with E-state index in [2.05, 4.69) is 15.5 Å². The van der Waals surface area contributed by atoms with Gasteiger partial charge in [-0.3, -0.25) is 9.36 Å². The molecule has 0 radical (unpaired) electrons. The highest BCUT2D eigenvalue weighted by atomic mass is 35.5. The van der Waals surface area contributed by atoms with Gasteiger partial charge in [0.05, 0.1) is 18.4 Å². The molecule has 0 spiro atoms. The van der Waals surface area contributed by atoms with Crippen LogP contribution in [0.3, 0.4) is 0 Å². The number of aromatic nitrogens is 3. The van der Waals surface area contributed by atoms with Crippen LogP contribution in [0, 0.1) is 6.92 Å². The molecule has 1 aromatic heterocycles. The van der Waals surface area contributed by atoms with Crippen LogP contribution in [-0.2, 0) is 16.1 Å². The molecule has 0 saturated carbocycles. The zero-order chi connectivity index (χ0) is 17.8. The van der Waals surface area contributed by atoms with Crippen LogP contribution in [0.5, 0.6) is 0 Å². The topological polar surface area (TPSA) is 89.0 Å². The molecule has 1 aliphatic rings. The number of ether oxygens (including phenoxy) is 1. The fraction of sp³-hybridized carbons (Fsp3) is 0.438. The Bertz CT molecular complexity index is 814. The molecule has 1 amide bonds. The van der Waals surface area contributed by atoms with Gasteiger partial charge in [-0.1, -0.05) is 29.4 Å². The Balaban J connectivity index is 1.58. The van der Waals surface area contributed by atoms with Crippen LogP contribution in [0.4, 0.5) is 5.69 Å². The van der Waals surface area contributed by atoms with E-state index in [1.807, 2.05) is 13.0 Å². The molecular formula is C16H19ClN4O3S. The third kappa shape index (κ3) is 4.65. The minimum atomic E-state index is -0.288. The monoisotopic (exact) mass is 382 g/mol. The number of nitrogens with zero attached hydrogens (tertiary/aromatic N) is 2. The average Bonchev–Trinajstić information content (AvgIpc) is 3.21. The molecule has 1 aliphatic heterocycles. The van der Waals surface area contributed by atoms with Crippen molar-refractivity contribution in [3.63, 3.8) is 0 Å². The summed E-state index contributed by atoms with van der Waals surface area (Å²) in [5, 5.41) is 10.3. The maximum Gasteiger partial charge on any atom is 0.344 e. The van der Waals surface area contributed by atoms with E-state index in [-0.39, 0.29) is 23.5 Å². The van der Waals surface area contributed by atoms with Gasteiger partial charge in [-0.15, -0.1) is 5.10 Å². The summed E-state index contributed by atoms with van der Waals surface area (Å²) >= 11 is 7.26. The number of aromatic amines is 1. The maximum absolute atomic E-state index is 12.1. The van der Waals surface area contributed by atoms with Crippen LogP contribution in [0.25, 0.3) is 0 Å². The molecule has 2 aromatic rings. The maximum atomic E-state index is 12.1. The molecule has 0 aliphatic carbocycles. The Hall–Kier alpha value is -1.77. The number of halogens is 1. The largest absolute Gasteiger partial charge is 0.376 e. The van der Waals surface area contributed by atoms with Crippen molar-refractivity contribution in [3.05, 3.63) is 39.3 Å². The van der Waals surface area contributed by atoms with Gasteiger partial charge >= 0.3 is 5.69 Å². The first-order valence-electron chi connectivity index (χ1n) is 7.98. The highest BCUT2D eigenvalue weighted by molar-refractivity contribution is 7.99. The summed E-state index contributed by atoms with van der Waals surface area (Å²) in [7, 11) is 0. The van der Waals surface area contributed by atoms with Crippen LogP contribution in [0.15, 0.2) is 28.2 Å². The first-order chi connectivity index (χ1) is 12.0. The summed E-state index contributed by atoms with van der Waals surface area (Å²) < 4.78 is 7.08. The number of H-pyrrole nitrogens is 1. The summed E-state index contributed by atoms with van der Waals surface area (Å²) in [5.41, 5.74) is 1.30. The van der Waals surface area contributed by atoms with Crippen molar-refractivity contribution in [1.82, 2.24) is 14.8 Å². The van der Waals surface area contributed by atoms with Gasteiger partial charge in [0, 0.05) is 17.3 Å². The zero-order valence-electron chi connectivity index (χ0n) is 13.8. The Morgan fingerprint density at radius 1 is 1.56 bits per heavy atom. The third-order valence-corrected chi connectivity index (χ3v) is 5.30. The normalized spacial score (nSPS) is 17.0. The van der Waals surface area contributed by atoms with Gasteiger partial charge in [0.2, 0.25) is 5.91 Å². The number of anilines is 1. The first kappa shape index (κ1) is 18.0. The van der Waals surface area contributed by atoms with Gasteiger partial charge in [-0.2, -0.15) is 0 Å². The number of aryl methyl sites for hydroxylation is 1. The van der Waals surface area contributed by atoms with Crippen molar-refractivity contribution in [2.75, 3.05) is 17.7 Å². The zero-order valence-corrected chi connectivity index (χ0v) is 15.3. The number of carbonyl (C=O) groups excluding carboxylic acids is 1. The molecule has 1 fully saturated rings. The lowest BCUT2D eigenvalue weighted by molar-refractivity contribution is -0.113. The van der Waals surface area contributed by atoms with Gasteiger partial charge in [0.1, 0.15) is 0 Å². The first-order valence-corrected chi connectivity index (χ1v) is 9.35. The van der Waals surface area contributed by atoms with Crippen LogP contribution in [0.2, 0.25) is 5.02 Å². The van der Waals surface area contributed by atoms with E-state index >= 15 is 0 Å². The van der Waals surface area contributed by atoms with Crippen molar-refractivity contribution in [2.45, 2.75) is 37.6 Å². The van der Waals surface area contributed by atoms with Crippen molar-refractivity contribution in [3.8, 4) is 0 Å². The minimum Gasteiger partial charge on any atom is -0.376 e. The van der Waals surface area contributed by atoms with E-state index in [0.717, 1.165) is 25.0 Å². The molecule has 1 atom stereocenters. The number of amides is 1. The summed E-state index contributed by atoms with van der Waals surface area (Å²) in [6.45, 7) is 3.07. The van der Waals surface area contributed by atoms with E-state index in [0.29, 0.717) is 22.4 Å². The van der Waals surface area contributed by atoms with Crippen LogP contribution < -0.4 is 11.0 Å². The summed E-state index contributed by atoms with van der Waals surface area (Å²) in [4.78, 5) is 24.0. The molecule has 3 rings (SSSR count). The molecule has 9 heteroatoms. The minimum absolute atomic E-state index is 0.0261. The van der Waals surface area contributed by atoms with Crippen molar-refractivity contribution >= 4 is 35.0 Å². The second-order valence-corrected chi connectivity index (χ2v) is 7.21. The molecule has 134 valence electrons. The second kappa shape index (κ2) is 8.07. The lowest BCUT2D eigenvalue weighted by atomic mass is 10.2. The standard InChI is InChI=1S/C16H19ClN4O3S/c1-10-4-5-11(7-13(10)17)18-14(22)9-25-16-20-19-15(23)21(16)8-12-3-2-6-24-12/h4-5,7,12H,2-3,6,8-9H2,1H3,(H,18,22)(H,19,23)/t12-/m0/s1. The Morgan fingerprint density at radius 3 is 3.12 bits per heavy atom. The predicted octanol–water partition coefficient (Wildman–Crippen LogP) is 2.44. The molecule has 1 saturated heterocycles. The van der Waals surface area contributed by atoms with E-state index in [9.17, 15) is 9.59 Å². The average molecular weight is 383 g/mol. The summed E-state index contributed by atoms with van der Waals surface area (Å²) in [6.07, 6.45) is 1.95. The van der Waals surface area contributed by atoms with E-state index < -0.39 is 0 Å².